The van der Waals surface area contributed by atoms with Crippen molar-refractivity contribution >= 4 is 37.6 Å². The molecule has 0 saturated heterocycles. The van der Waals surface area contributed by atoms with E-state index in [9.17, 15) is 8.42 Å². The van der Waals surface area contributed by atoms with Crippen LogP contribution >= 0.6 is 27.3 Å². The molecule has 1 aromatic rings. The lowest BCUT2D eigenvalue weighted by Crippen LogP contribution is -2.15. The quantitative estimate of drug-likeness (QED) is 0.916. The van der Waals surface area contributed by atoms with Gasteiger partial charge in [-0.1, -0.05) is 0 Å². The van der Waals surface area contributed by atoms with E-state index in [1.807, 2.05) is 12.3 Å². The number of halogens is 1. The van der Waals surface area contributed by atoms with Crippen molar-refractivity contribution in [3.8, 4) is 0 Å². The molecule has 0 amide bonds. The van der Waals surface area contributed by atoms with Crippen LogP contribution in [0.15, 0.2) is 9.85 Å². The maximum absolute atomic E-state index is 10.5. The number of nitrogens with two attached hydrogens (primary N) is 1. The molecule has 1 heterocycles. The molecule has 0 fully saturated rings. The highest BCUT2D eigenvalue weighted by molar-refractivity contribution is 9.10. The van der Waals surface area contributed by atoms with E-state index in [0.717, 1.165) is 14.9 Å². The first-order valence-corrected chi connectivity index (χ1v) is 6.44. The zero-order valence-corrected chi connectivity index (χ0v) is 10.0. The molecule has 0 bridgehead atoms. The summed E-state index contributed by atoms with van der Waals surface area (Å²) in [6.07, 6.45) is 0. The monoisotopic (exact) mass is 285 g/mol. The fourth-order valence-corrected chi connectivity index (χ4v) is 2.56. The highest BCUT2D eigenvalue weighted by Crippen LogP contribution is 2.28. The maximum Gasteiger partial charge on any atom is 0.333 e. The van der Waals surface area contributed by atoms with Gasteiger partial charge in [-0.25, -0.2) is 5.14 Å². The second-order valence-electron chi connectivity index (χ2n) is 2.41. The molecule has 0 aliphatic rings. The van der Waals surface area contributed by atoms with Crippen molar-refractivity contribution in [3.05, 3.63) is 20.3 Å². The van der Waals surface area contributed by atoms with E-state index in [1.54, 1.807) is 0 Å². The Balaban J connectivity index is 2.71. The van der Waals surface area contributed by atoms with Crippen LogP contribution < -0.4 is 5.14 Å². The van der Waals surface area contributed by atoms with E-state index in [-0.39, 0.29) is 6.61 Å². The van der Waals surface area contributed by atoms with Crippen molar-refractivity contribution in [2.24, 2.45) is 5.14 Å². The molecule has 1 rings (SSSR count). The van der Waals surface area contributed by atoms with Gasteiger partial charge in [0.2, 0.25) is 0 Å². The van der Waals surface area contributed by atoms with Gasteiger partial charge in [0, 0.05) is 9.35 Å². The molecule has 13 heavy (non-hydrogen) atoms. The Bertz CT molecular complexity index is 398. The van der Waals surface area contributed by atoms with Crippen molar-refractivity contribution < 1.29 is 12.6 Å². The predicted octanol–water partition coefficient (Wildman–Crippen LogP) is 1.54. The molecular formula is C6H8BrNO3S2. The van der Waals surface area contributed by atoms with E-state index in [4.69, 9.17) is 0 Å². The summed E-state index contributed by atoms with van der Waals surface area (Å²) >= 11 is 4.74. The van der Waals surface area contributed by atoms with Gasteiger partial charge in [-0.15, -0.1) is 11.3 Å². The van der Waals surface area contributed by atoms with Crippen LogP contribution in [0.5, 0.6) is 0 Å². The lowest BCUT2D eigenvalue weighted by Gasteiger charge is -1.98. The summed E-state index contributed by atoms with van der Waals surface area (Å²) in [7, 11) is -3.84. The Morgan fingerprint density at radius 1 is 1.69 bits per heavy atom. The summed E-state index contributed by atoms with van der Waals surface area (Å²) in [6, 6.07) is 0. The number of thiophene rings is 1. The van der Waals surface area contributed by atoms with Gasteiger partial charge in [0.1, 0.15) is 6.61 Å². The molecule has 1 aromatic heterocycles. The minimum Gasteiger partial charge on any atom is -0.253 e. The minimum atomic E-state index is -3.84. The van der Waals surface area contributed by atoms with Crippen molar-refractivity contribution in [3.63, 3.8) is 0 Å². The summed E-state index contributed by atoms with van der Waals surface area (Å²) in [5, 5.41) is 6.59. The molecule has 0 spiro atoms. The Labute approximate surface area is 89.1 Å². The van der Waals surface area contributed by atoms with Crippen molar-refractivity contribution in [1.29, 1.82) is 0 Å². The molecule has 0 saturated carbocycles. The van der Waals surface area contributed by atoms with Crippen LogP contribution in [0.2, 0.25) is 0 Å². The maximum atomic E-state index is 10.5. The van der Waals surface area contributed by atoms with Gasteiger partial charge in [0.15, 0.2) is 0 Å². The fraction of sp³-hybridized carbons (Fsp3) is 0.333. The Kier molecular flexibility index (Phi) is 3.47. The number of hydrogen-bond donors (Lipinski definition) is 1. The zero-order valence-electron chi connectivity index (χ0n) is 6.78. The average Bonchev–Trinajstić information content (AvgIpc) is 2.29. The topological polar surface area (TPSA) is 69.4 Å². The summed E-state index contributed by atoms with van der Waals surface area (Å²) in [4.78, 5) is 0.812. The van der Waals surface area contributed by atoms with Crippen molar-refractivity contribution in [1.82, 2.24) is 0 Å². The van der Waals surface area contributed by atoms with E-state index < -0.39 is 10.3 Å². The molecule has 2 N–H and O–H groups in total. The molecule has 0 atom stereocenters. The molecule has 7 heteroatoms. The first-order valence-electron chi connectivity index (χ1n) is 3.30. The van der Waals surface area contributed by atoms with Gasteiger partial charge >= 0.3 is 10.3 Å². The van der Waals surface area contributed by atoms with E-state index in [2.05, 4.69) is 25.3 Å². The van der Waals surface area contributed by atoms with Crippen LogP contribution in [0.1, 0.15) is 10.4 Å². The largest absolute Gasteiger partial charge is 0.333 e. The van der Waals surface area contributed by atoms with Crippen LogP contribution in [0.3, 0.4) is 0 Å². The van der Waals surface area contributed by atoms with Crippen molar-refractivity contribution in [2.75, 3.05) is 0 Å². The smallest absolute Gasteiger partial charge is 0.253 e. The van der Waals surface area contributed by atoms with Gasteiger partial charge < -0.3 is 0 Å². The number of rotatable bonds is 3. The molecule has 0 unspecified atom stereocenters. The van der Waals surface area contributed by atoms with Gasteiger partial charge in [0.25, 0.3) is 0 Å². The van der Waals surface area contributed by atoms with E-state index in [0.29, 0.717) is 0 Å². The molecule has 0 aliphatic heterocycles. The molecule has 0 radical (unpaired) electrons. The van der Waals surface area contributed by atoms with Crippen LogP contribution in [-0.4, -0.2) is 8.42 Å². The first kappa shape index (κ1) is 11.1. The standard InChI is InChI=1S/C6H8BrNO3S2/c1-4-3-12-5(6(4)7)2-11-13(8,9)10/h3H,2H2,1H3,(H2,8,9,10). The summed E-state index contributed by atoms with van der Waals surface area (Å²) < 4.78 is 26.3. The summed E-state index contributed by atoms with van der Waals surface area (Å²) in [5.74, 6) is 0. The van der Waals surface area contributed by atoms with E-state index in [1.165, 1.54) is 11.3 Å². The SMILES string of the molecule is Cc1csc(COS(N)(=O)=O)c1Br. The molecule has 0 aliphatic carbocycles. The summed E-state index contributed by atoms with van der Waals surface area (Å²) in [5.41, 5.74) is 1.05. The highest BCUT2D eigenvalue weighted by atomic mass is 79.9. The number of hydrogen-bond acceptors (Lipinski definition) is 4. The normalized spacial score (nSPS) is 11.9. The van der Waals surface area contributed by atoms with Crippen LogP contribution in [0.25, 0.3) is 0 Å². The first-order chi connectivity index (χ1) is 5.90. The van der Waals surface area contributed by atoms with Crippen molar-refractivity contribution in [2.45, 2.75) is 13.5 Å². The second kappa shape index (κ2) is 4.05. The fourth-order valence-electron chi connectivity index (χ4n) is 0.716. The van der Waals surface area contributed by atoms with Crippen LogP contribution in [0.4, 0.5) is 0 Å². The van der Waals surface area contributed by atoms with Crippen LogP contribution in [0, 0.1) is 6.92 Å². The lowest BCUT2D eigenvalue weighted by molar-refractivity contribution is 0.311. The Morgan fingerprint density at radius 3 is 2.69 bits per heavy atom. The van der Waals surface area contributed by atoms with Gasteiger partial charge in [-0.05, 0) is 33.8 Å². The molecular weight excluding hydrogens is 278 g/mol. The second-order valence-corrected chi connectivity index (χ2v) is 5.39. The molecule has 74 valence electrons. The van der Waals surface area contributed by atoms with E-state index >= 15 is 0 Å². The lowest BCUT2D eigenvalue weighted by atomic mass is 10.3. The third kappa shape index (κ3) is 3.35. The third-order valence-corrected chi connectivity index (χ3v) is 4.21. The predicted molar refractivity (Wildman–Crippen MR) is 54.7 cm³/mol. The van der Waals surface area contributed by atoms with Gasteiger partial charge in [-0.3, -0.25) is 4.18 Å². The van der Waals surface area contributed by atoms with Crippen LogP contribution in [-0.2, 0) is 21.1 Å². The third-order valence-electron chi connectivity index (χ3n) is 1.32. The minimum absolute atomic E-state index is 0.0159. The average molecular weight is 286 g/mol. The highest BCUT2D eigenvalue weighted by Gasteiger charge is 2.09. The zero-order chi connectivity index (χ0) is 10.1. The Morgan fingerprint density at radius 2 is 2.31 bits per heavy atom. The Hall–Kier alpha value is 0.0500. The molecule has 4 nitrogen and oxygen atoms in total. The van der Waals surface area contributed by atoms with Gasteiger partial charge in [0.05, 0.1) is 0 Å². The summed E-state index contributed by atoms with van der Waals surface area (Å²) in [6.45, 7) is 1.90. The molecule has 0 aromatic carbocycles. The number of aryl methyl sites for hydroxylation is 1. The van der Waals surface area contributed by atoms with Gasteiger partial charge in [-0.2, -0.15) is 8.42 Å².